The number of aryl methyl sites for hydroxylation is 1. The van der Waals surface area contributed by atoms with Crippen molar-refractivity contribution < 1.29 is 0 Å². The van der Waals surface area contributed by atoms with Crippen LogP contribution in [0.25, 0.3) is 16.2 Å². The lowest BCUT2D eigenvalue weighted by Gasteiger charge is -1.99. The molecule has 80 valence electrons. The van der Waals surface area contributed by atoms with Crippen LogP contribution in [-0.4, -0.2) is 9.38 Å². The highest BCUT2D eigenvalue weighted by molar-refractivity contribution is 7.19. The molecule has 0 amide bonds. The van der Waals surface area contributed by atoms with Crippen LogP contribution < -0.4 is 0 Å². The molecule has 3 heterocycles. The number of rotatable bonds is 1. The van der Waals surface area contributed by atoms with E-state index >= 15 is 0 Å². The lowest BCUT2D eigenvalue weighted by Crippen LogP contribution is -1.88. The minimum Gasteiger partial charge on any atom is -0.299 e. The monoisotopic (exact) mass is 248 g/mol. The average Bonchev–Trinajstić information content (AvgIpc) is 2.83. The average molecular weight is 249 g/mol. The largest absolute Gasteiger partial charge is 0.299 e. The summed E-state index contributed by atoms with van der Waals surface area (Å²) in [6.45, 7) is 2.07. The predicted molar refractivity (Wildman–Crippen MR) is 68.3 cm³/mol. The first-order chi connectivity index (χ1) is 7.74. The molecule has 0 radical (unpaired) electrons. The van der Waals surface area contributed by atoms with E-state index in [1.807, 2.05) is 18.3 Å². The summed E-state index contributed by atoms with van der Waals surface area (Å²) in [6.07, 6.45) is 3.97. The molecule has 4 heteroatoms. The van der Waals surface area contributed by atoms with Crippen molar-refractivity contribution >= 4 is 28.5 Å². The molecule has 0 spiro atoms. The van der Waals surface area contributed by atoms with Crippen molar-refractivity contribution in [3.8, 4) is 10.7 Å². The molecule has 3 rings (SSSR count). The first kappa shape index (κ1) is 9.87. The SMILES string of the molecule is Cc1ccc2cnc(-c3ccc(Cl)s3)n2c1. The van der Waals surface area contributed by atoms with Gasteiger partial charge in [0.15, 0.2) is 5.82 Å². The van der Waals surface area contributed by atoms with Gasteiger partial charge >= 0.3 is 0 Å². The van der Waals surface area contributed by atoms with E-state index in [1.165, 1.54) is 5.56 Å². The lowest BCUT2D eigenvalue weighted by atomic mass is 10.3. The zero-order valence-electron chi connectivity index (χ0n) is 8.64. The number of thiophene rings is 1. The van der Waals surface area contributed by atoms with E-state index in [9.17, 15) is 0 Å². The van der Waals surface area contributed by atoms with Crippen molar-refractivity contribution in [1.82, 2.24) is 9.38 Å². The van der Waals surface area contributed by atoms with Gasteiger partial charge in [-0.3, -0.25) is 4.40 Å². The summed E-state index contributed by atoms with van der Waals surface area (Å²) < 4.78 is 2.89. The van der Waals surface area contributed by atoms with Gasteiger partial charge in [-0.15, -0.1) is 11.3 Å². The first-order valence-corrected chi connectivity index (χ1v) is 6.13. The third-order valence-electron chi connectivity index (χ3n) is 2.47. The van der Waals surface area contributed by atoms with Crippen molar-refractivity contribution in [2.45, 2.75) is 6.92 Å². The van der Waals surface area contributed by atoms with Crippen LogP contribution in [0.4, 0.5) is 0 Å². The summed E-state index contributed by atoms with van der Waals surface area (Å²) in [4.78, 5) is 5.53. The standard InChI is InChI=1S/C12H9ClN2S/c1-8-2-3-9-6-14-12(15(9)7-8)10-4-5-11(13)16-10/h2-7H,1H3. The van der Waals surface area contributed by atoms with E-state index in [-0.39, 0.29) is 0 Å². The van der Waals surface area contributed by atoms with Gasteiger partial charge in [-0.05, 0) is 30.7 Å². The molecule has 0 fully saturated rings. The Morgan fingerprint density at radius 1 is 1.25 bits per heavy atom. The van der Waals surface area contributed by atoms with Crippen LogP contribution >= 0.6 is 22.9 Å². The second kappa shape index (κ2) is 3.61. The van der Waals surface area contributed by atoms with E-state index in [0.29, 0.717) is 0 Å². The molecule has 0 saturated carbocycles. The highest BCUT2D eigenvalue weighted by Gasteiger charge is 2.08. The van der Waals surface area contributed by atoms with Crippen molar-refractivity contribution in [2.75, 3.05) is 0 Å². The number of nitrogens with zero attached hydrogens (tertiary/aromatic N) is 2. The van der Waals surface area contributed by atoms with E-state index in [0.717, 1.165) is 20.6 Å². The molecule has 3 aromatic rings. The summed E-state index contributed by atoms with van der Waals surface area (Å²) in [5.74, 6) is 0.954. The number of aromatic nitrogens is 2. The molecular formula is C12H9ClN2S. The fraction of sp³-hybridized carbons (Fsp3) is 0.0833. The van der Waals surface area contributed by atoms with Crippen molar-refractivity contribution in [2.24, 2.45) is 0 Å². The second-order valence-electron chi connectivity index (χ2n) is 3.69. The Balaban J connectivity index is 2.27. The maximum atomic E-state index is 5.94. The highest BCUT2D eigenvalue weighted by Crippen LogP contribution is 2.30. The van der Waals surface area contributed by atoms with Gasteiger partial charge in [-0.1, -0.05) is 17.7 Å². The fourth-order valence-corrected chi connectivity index (χ4v) is 2.75. The minimum absolute atomic E-state index is 0.791. The van der Waals surface area contributed by atoms with Gasteiger partial charge in [0.1, 0.15) is 0 Å². The van der Waals surface area contributed by atoms with Crippen LogP contribution in [0.5, 0.6) is 0 Å². The Hall–Kier alpha value is -1.32. The Labute approximate surface area is 102 Å². The Kier molecular flexibility index (Phi) is 2.23. The number of imidazole rings is 1. The number of pyridine rings is 1. The number of hydrogen-bond donors (Lipinski definition) is 0. The predicted octanol–water partition coefficient (Wildman–Crippen LogP) is 4.02. The number of fused-ring (bicyclic) bond motifs is 1. The molecule has 0 aliphatic carbocycles. The van der Waals surface area contributed by atoms with Gasteiger partial charge in [-0.25, -0.2) is 4.98 Å². The van der Waals surface area contributed by atoms with E-state index < -0.39 is 0 Å². The quantitative estimate of drug-likeness (QED) is 0.636. The molecule has 0 atom stereocenters. The molecule has 0 aromatic carbocycles. The Bertz CT molecular complexity index is 654. The highest BCUT2D eigenvalue weighted by atomic mass is 35.5. The molecule has 0 bridgehead atoms. The molecule has 0 N–H and O–H groups in total. The maximum Gasteiger partial charge on any atom is 0.154 e. The molecule has 0 aliphatic heterocycles. The van der Waals surface area contributed by atoms with Crippen LogP contribution in [0.2, 0.25) is 4.34 Å². The van der Waals surface area contributed by atoms with Gasteiger partial charge in [0, 0.05) is 6.20 Å². The van der Waals surface area contributed by atoms with Crippen molar-refractivity contribution in [1.29, 1.82) is 0 Å². The molecule has 2 nitrogen and oxygen atoms in total. The summed E-state index contributed by atoms with van der Waals surface area (Å²) >= 11 is 7.49. The van der Waals surface area contributed by atoms with Crippen LogP contribution in [0.15, 0.2) is 36.7 Å². The maximum absolute atomic E-state index is 5.94. The zero-order chi connectivity index (χ0) is 11.1. The summed E-state index contributed by atoms with van der Waals surface area (Å²) in [5.41, 5.74) is 2.32. The Morgan fingerprint density at radius 3 is 2.88 bits per heavy atom. The normalized spacial score (nSPS) is 11.1. The molecular weight excluding hydrogens is 240 g/mol. The van der Waals surface area contributed by atoms with Crippen molar-refractivity contribution in [3.05, 3.63) is 46.6 Å². The zero-order valence-corrected chi connectivity index (χ0v) is 10.2. The minimum atomic E-state index is 0.791. The molecule has 0 aliphatic rings. The summed E-state index contributed by atoms with van der Waals surface area (Å²) in [7, 11) is 0. The van der Waals surface area contributed by atoms with Gasteiger partial charge < -0.3 is 0 Å². The van der Waals surface area contributed by atoms with E-state index in [2.05, 4.69) is 34.6 Å². The Morgan fingerprint density at radius 2 is 2.12 bits per heavy atom. The topological polar surface area (TPSA) is 17.3 Å². The van der Waals surface area contributed by atoms with E-state index in [1.54, 1.807) is 11.3 Å². The number of hydrogen-bond acceptors (Lipinski definition) is 2. The lowest BCUT2D eigenvalue weighted by molar-refractivity contribution is 1.15. The number of halogens is 1. The molecule has 16 heavy (non-hydrogen) atoms. The molecule has 3 aromatic heterocycles. The fourth-order valence-electron chi connectivity index (χ4n) is 1.71. The van der Waals surface area contributed by atoms with Crippen LogP contribution in [0, 0.1) is 6.92 Å². The first-order valence-electron chi connectivity index (χ1n) is 4.93. The van der Waals surface area contributed by atoms with Crippen LogP contribution in [-0.2, 0) is 0 Å². The van der Waals surface area contributed by atoms with Gasteiger partial charge in [0.25, 0.3) is 0 Å². The van der Waals surface area contributed by atoms with Gasteiger partial charge in [0.2, 0.25) is 0 Å². The van der Waals surface area contributed by atoms with Gasteiger partial charge in [-0.2, -0.15) is 0 Å². The van der Waals surface area contributed by atoms with Crippen LogP contribution in [0.1, 0.15) is 5.56 Å². The third kappa shape index (κ3) is 1.52. The smallest absolute Gasteiger partial charge is 0.154 e. The summed E-state index contributed by atoms with van der Waals surface area (Å²) in [6, 6.07) is 8.06. The second-order valence-corrected chi connectivity index (χ2v) is 5.40. The van der Waals surface area contributed by atoms with Crippen LogP contribution in [0.3, 0.4) is 0 Å². The molecule has 0 saturated heterocycles. The molecule has 0 unspecified atom stereocenters. The van der Waals surface area contributed by atoms with E-state index in [4.69, 9.17) is 11.6 Å². The third-order valence-corrected chi connectivity index (χ3v) is 3.70. The van der Waals surface area contributed by atoms with Gasteiger partial charge in [0.05, 0.1) is 20.9 Å². The summed E-state index contributed by atoms with van der Waals surface area (Å²) in [5, 5.41) is 0. The van der Waals surface area contributed by atoms with Crippen molar-refractivity contribution in [3.63, 3.8) is 0 Å².